The summed E-state index contributed by atoms with van der Waals surface area (Å²) in [4.78, 5) is 14.5. The summed E-state index contributed by atoms with van der Waals surface area (Å²) < 4.78 is 1.83. The molecular weight excluding hydrogens is 402 g/mol. The van der Waals surface area contributed by atoms with E-state index in [0.29, 0.717) is 13.1 Å². The van der Waals surface area contributed by atoms with Crippen molar-refractivity contribution in [3.05, 3.63) is 54.6 Å². The van der Waals surface area contributed by atoms with Gasteiger partial charge in [-0.2, -0.15) is 0 Å². The van der Waals surface area contributed by atoms with Gasteiger partial charge in [0.15, 0.2) is 0 Å². The molecule has 1 heterocycles. The second kappa shape index (κ2) is 6.87. The summed E-state index contributed by atoms with van der Waals surface area (Å²) in [5.74, 6) is 0.0598. The summed E-state index contributed by atoms with van der Waals surface area (Å²) >= 11 is 8.40. The Morgan fingerprint density at radius 2 is 2.00 bits per heavy atom. The Hall–Kier alpha value is -0.650. The Bertz CT molecular complexity index is 624. The van der Waals surface area contributed by atoms with Gasteiger partial charge >= 0.3 is 0 Å². The fourth-order valence-electron chi connectivity index (χ4n) is 1.98. The van der Waals surface area contributed by atoms with Crippen molar-refractivity contribution in [2.75, 3.05) is 6.54 Å². The van der Waals surface area contributed by atoms with Gasteiger partial charge in [0.2, 0.25) is 0 Å². The number of hydrogen-bond donors (Lipinski definition) is 0. The van der Waals surface area contributed by atoms with Gasteiger partial charge in [0.05, 0.1) is 13.1 Å². The van der Waals surface area contributed by atoms with Crippen molar-refractivity contribution in [2.45, 2.75) is 20.4 Å². The standard InChI is InChI=1S/C15H15Br2NOS/c1-3-18(9-11-7-5-4-6-10(11)2)15(19)12-8-13(16)20-14(12)17/h4-8H,3,9H2,1-2H3. The molecule has 1 aromatic heterocycles. The molecule has 0 atom stereocenters. The van der Waals surface area contributed by atoms with Crippen LogP contribution in [0.15, 0.2) is 37.9 Å². The van der Waals surface area contributed by atoms with Gasteiger partial charge in [-0.1, -0.05) is 24.3 Å². The Morgan fingerprint density at radius 1 is 1.30 bits per heavy atom. The normalized spacial score (nSPS) is 10.6. The number of amides is 1. The van der Waals surface area contributed by atoms with E-state index in [4.69, 9.17) is 0 Å². The van der Waals surface area contributed by atoms with Gasteiger partial charge in [0.1, 0.15) is 0 Å². The van der Waals surface area contributed by atoms with Gasteiger partial charge in [0, 0.05) is 13.1 Å². The van der Waals surface area contributed by atoms with Crippen LogP contribution in [0.5, 0.6) is 0 Å². The van der Waals surface area contributed by atoms with Gasteiger partial charge in [0.25, 0.3) is 5.91 Å². The van der Waals surface area contributed by atoms with E-state index in [1.807, 2.05) is 30.0 Å². The molecule has 1 amide bonds. The van der Waals surface area contributed by atoms with E-state index in [2.05, 4.69) is 50.9 Å². The second-order valence-electron chi connectivity index (χ2n) is 4.48. The molecule has 0 fully saturated rings. The molecule has 0 saturated carbocycles. The molecule has 0 aliphatic carbocycles. The van der Waals surface area contributed by atoms with Gasteiger partial charge in [-0.25, -0.2) is 0 Å². The number of carbonyl (C=O) groups is 1. The zero-order valence-corrected chi connectivity index (χ0v) is 15.3. The van der Waals surface area contributed by atoms with Crippen LogP contribution in [0.4, 0.5) is 0 Å². The Labute approximate surface area is 140 Å². The minimum atomic E-state index is 0.0598. The maximum absolute atomic E-state index is 12.6. The number of halogens is 2. The molecule has 0 radical (unpaired) electrons. The molecule has 1 aromatic carbocycles. The molecule has 0 saturated heterocycles. The topological polar surface area (TPSA) is 20.3 Å². The monoisotopic (exact) mass is 415 g/mol. The first-order valence-electron chi connectivity index (χ1n) is 6.31. The Balaban J connectivity index is 2.22. The van der Waals surface area contributed by atoms with Crippen LogP contribution in [0.2, 0.25) is 0 Å². The first-order chi connectivity index (χ1) is 9.52. The van der Waals surface area contributed by atoms with E-state index in [-0.39, 0.29) is 5.91 Å². The van der Waals surface area contributed by atoms with Crippen molar-refractivity contribution in [1.82, 2.24) is 4.90 Å². The molecular formula is C15H15Br2NOS. The summed E-state index contributed by atoms with van der Waals surface area (Å²) in [6, 6.07) is 10.0. The number of nitrogens with zero attached hydrogens (tertiary/aromatic N) is 1. The number of thiophene rings is 1. The predicted molar refractivity (Wildman–Crippen MR) is 91.3 cm³/mol. The van der Waals surface area contributed by atoms with E-state index in [1.165, 1.54) is 22.5 Å². The number of carbonyl (C=O) groups excluding carboxylic acids is 1. The fraction of sp³-hybridized carbons (Fsp3) is 0.267. The number of benzene rings is 1. The number of rotatable bonds is 4. The van der Waals surface area contributed by atoms with E-state index >= 15 is 0 Å². The lowest BCUT2D eigenvalue weighted by atomic mass is 10.1. The van der Waals surface area contributed by atoms with E-state index in [9.17, 15) is 4.79 Å². The zero-order chi connectivity index (χ0) is 14.7. The van der Waals surface area contributed by atoms with Crippen molar-refractivity contribution >= 4 is 49.1 Å². The van der Waals surface area contributed by atoms with E-state index in [0.717, 1.165) is 13.1 Å². The molecule has 5 heteroatoms. The van der Waals surface area contributed by atoms with Crippen LogP contribution in [0, 0.1) is 6.92 Å². The van der Waals surface area contributed by atoms with Crippen molar-refractivity contribution in [3.63, 3.8) is 0 Å². The minimum Gasteiger partial charge on any atom is -0.335 e. The summed E-state index contributed by atoms with van der Waals surface area (Å²) in [6.07, 6.45) is 0. The molecule has 0 aliphatic rings. The fourth-order valence-corrected chi connectivity index (χ4v) is 4.75. The summed E-state index contributed by atoms with van der Waals surface area (Å²) in [5.41, 5.74) is 3.12. The summed E-state index contributed by atoms with van der Waals surface area (Å²) in [5, 5.41) is 0. The third kappa shape index (κ3) is 3.51. The van der Waals surface area contributed by atoms with Crippen LogP contribution in [0.25, 0.3) is 0 Å². The largest absolute Gasteiger partial charge is 0.335 e. The van der Waals surface area contributed by atoms with Gasteiger partial charge in [-0.05, 0) is 62.9 Å². The van der Waals surface area contributed by atoms with Crippen molar-refractivity contribution in [1.29, 1.82) is 0 Å². The third-order valence-electron chi connectivity index (χ3n) is 3.18. The maximum atomic E-state index is 12.6. The van der Waals surface area contributed by atoms with Gasteiger partial charge in [-0.15, -0.1) is 11.3 Å². The average Bonchev–Trinajstić information content (AvgIpc) is 2.76. The van der Waals surface area contributed by atoms with E-state index < -0.39 is 0 Å². The molecule has 2 rings (SSSR count). The molecule has 2 nitrogen and oxygen atoms in total. The smallest absolute Gasteiger partial charge is 0.256 e. The highest BCUT2D eigenvalue weighted by molar-refractivity contribution is 9.12. The molecule has 0 spiro atoms. The summed E-state index contributed by atoms with van der Waals surface area (Å²) in [7, 11) is 0. The molecule has 0 aliphatic heterocycles. The van der Waals surface area contributed by atoms with Crippen molar-refractivity contribution < 1.29 is 4.79 Å². The number of aryl methyl sites for hydroxylation is 1. The molecule has 2 aromatic rings. The highest BCUT2D eigenvalue weighted by Crippen LogP contribution is 2.32. The molecule has 0 unspecified atom stereocenters. The predicted octanol–water partition coefficient (Wildman–Crippen LogP) is 5.24. The van der Waals surface area contributed by atoms with Crippen LogP contribution in [0.1, 0.15) is 28.4 Å². The van der Waals surface area contributed by atoms with Crippen LogP contribution < -0.4 is 0 Å². The summed E-state index contributed by atoms with van der Waals surface area (Å²) in [6.45, 7) is 5.41. The third-order valence-corrected chi connectivity index (χ3v) is 5.52. The molecule has 106 valence electrons. The quantitative estimate of drug-likeness (QED) is 0.666. The van der Waals surface area contributed by atoms with Crippen molar-refractivity contribution in [2.24, 2.45) is 0 Å². The van der Waals surface area contributed by atoms with E-state index in [1.54, 1.807) is 0 Å². The van der Waals surface area contributed by atoms with Crippen LogP contribution in [-0.2, 0) is 6.54 Å². The number of hydrogen-bond acceptors (Lipinski definition) is 2. The van der Waals surface area contributed by atoms with Crippen LogP contribution >= 0.6 is 43.2 Å². The highest BCUT2D eigenvalue weighted by Gasteiger charge is 2.19. The Morgan fingerprint density at radius 3 is 2.55 bits per heavy atom. The lowest BCUT2D eigenvalue weighted by Gasteiger charge is -2.21. The zero-order valence-electron chi connectivity index (χ0n) is 11.3. The molecule has 20 heavy (non-hydrogen) atoms. The lowest BCUT2D eigenvalue weighted by molar-refractivity contribution is 0.0752. The lowest BCUT2D eigenvalue weighted by Crippen LogP contribution is -2.30. The minimum absolute atomic E-state index is 0.0598. The Kier molecular flexibility index (Phi) is 5.41. The van der Waals surface area contributed by atoms with Gasteiger partial charge in [-0.3, -0.25) is 4.79 Å². The van der Waals surface area contributed by atoms with Gasteiger partial charge < -0.3 is 4.90 Å². The first-order valence-corrected chi connectivity index (χ1v) is 8.71. The highest BCUT2D eigenvalue weighted by atomic mass is 79.9. The molecule has 0 bridgehead atoms. The second-order valence-corrected chi connectivity index (χ2v) is 8.23. The molecule has 0 N–H and O–H groups in total. The maximum Gasteiger partial charge on any atom is 0.256 e. The first kappa shape index (κ1) is 15.7. The van der Waals surface area contributed by atoms with Crippen LogP contribution in [0.3, 0.4) is 0 Å². The SMILES string of the molecule is CCN(Cc1ccccc1C)C(=O)c1cc(Br)sc1Br. The van der Waals surface area contributed by atoms with Crippen LogP contribution in [-0.4, -0.2) is 17.4 Å². The van der Waals surface area contributed by atoms with Crippen molar-refractivity contribution in [3.8, 4) is 0 Å². The average molecular weight is 417 g/mol.